The first-order valence-electron chi connectivity index (χ1n) is 7.61. The number of nitrogens with zero attached hydrogens (tertiary/aromatic N) is 1. The number of hydrogen-bond acceptors (Lipinski definition) is 2. The molecule has 104 valence electrons. The second-order valence-corrected chi connectivity index (χ2v) is 6.33. The number of rotatable bonds is 4. The molecule has 18 heavy (non-hydrogen) atoms. The SMILES string of the molecule is CC1CCC(N2CCC(CCC(=O)O)CC2)CC1. The van der Waals surface area contributed by atoms with Gasteiger partial charge in [-0.15, -0.1) is 0 Å². The summed E-state index contributed by atoms with van der Waals surface area (Å²) in [5, 5.41) is 8.71. The Morgan fingerprint density at radius 2 is 1.72 bits per heavy atom. The summed E-state index contributed by atoms with van der Waals surface area (Å²) in [7, 11) is 0. The number of hydrogen-bond donors (Lipinski definition) is 1. The van der Waals surface area contributed by atoms with Gasteiger partial charge in [0.2, 0.25) is 0 Å². The van der Waals surface area contributed by atoms with E-state index >= 15 is 0 Å². The summed E-state index contributed by atoms with van der Waals surface area (Å²) in [6.45, 7) is 4.76. The Kier molecular flexibility index (Phi) is 5.04. The maximum atomic E-state index is 10.6. The van der Waals surface area contributed by atoms with Gasteiger partial charge < -0.3 is 10.0 Å². The summed E-state index contributed by atoms with van der Waals surface area (Å²) in [4.78, 5) is 13.2. The van der Waals surface area contributed by atoms with E-state index in [-0.39, 0.29) is 0 Å². The first kappa shape index (κ1) is 13.9. The van der Waals surface area contributed by atoms with E-state index in [0.717, 1.165) is 18.4 Å². The van der Waals surface area contributed by atoms with E-state index in [1.165, 1.54) is 51.6 Å². The molecule has 0 spiro atoms. The fourth-order valence-electron chi connectivity index (χ4n) is 3.54. The van der Waals surface area contributed by atoms with Crippen molar-refractivity contribution in [3.8, 4) is 0 Å². The minimum atomic E-state index is -0.640. The van der Waals surface area contributed by atoms with Crippen molar-refractivity contribution < 1.29 is 9.90 Å². The Morgan fingerprint density at radius 3 is 2.28 bits per heavy atom. The van der Waals surface area contributed by atoms with Gasteiger partial charge in [-0.3, -0.25) is 4.79 Å². The maximum absolute atomic E-state index is 10.6. The lowest BCUT2D eigenvalue weighted by molar-refractivity contribution is -0.137. The van der Waals surface area contributed by atoms with E-state index in [1.807, 2.05) is 0 Å². The van der Waals surface area contributed by atoms with Gasteiger partial charge in [0.05, 0.1) is 0 Å². The predicted molar refractivity (Wildman–Crippen MR) is 72.6 cm³/mol. The highest BCUT2D eigenvalue weighted by Gasteiger charge is 2.27. The second kappa shape index (κ2) is 6.55. The van der Waals surface area contributed by atoms with Crippen LogP contribution in [0.4, 0.5) is 0 Å². The van der Waals surface area contributed by atoms with Gasteiger partial charge in [0.25, 0.3) is 0 Å². The predicted octanol–water partition coefficient (Wildman–Crippen LogP) is 3.14. The summed E-state index contributed by atoms with van der Waals surface area (Å²) in [5.74, 6) is 0.938. The van der Waals surface area contributed by atoms with Gasteiger partial charge in [-0.25, -0.2) is 0 Å². The molecule has 0 bridgehead atoms. The van der Waals surface area contributed by atoms with Crippen LogP contribution in [0.2, 0.25) is 0 Å². The summed E-state index contributed by atoms with van der Waals surface area (Å²) >= 11 is 0. The fourth-order valence-corrected chi connectivity index (χ4v) is 3.54. The third-order valence-corrected chi connectivity index (χ3v) is 4.92. The van der Waals surface area contributed by atoms with Crippen molar-refractivity contribution in [2.75, 3.05) is 13.1 Å². The van der Waals surface area contributed by atoms with Crippen LogP contribution >= 0.6 is 0 Å². The molecular formula is C15H27NO2. The first-order chi connectivity index (χ1) is 8.65. The Bertz CT molecular complexity index is 264. The van der Waals surface area contributed by atoms with Crippen LogP contribution in [0.3, 0.4) is 0 Å². The Hall–Kier alpha value is -0.570. The molecule has 1 saturated carbocycles. The summed E-state index contributed by atoms with van der Waals surface area (Å²) in [5.41, 5.74) is 0. The number of carbonyl (C=O) groups is 1. The maximum Gasteiger partial charge on any atom is 0.303 e. The molecule has 1 N–H and O–H groups in total. The average molecular weight is 253 g/mol. The van der Waals surface area contributed by atoms with Crippen molar-refractivity contribution in [2.45, 2.75) is 64.3 Å². The molecule has 3 heteroatoms. The highest BCUT2D eigenvalue weighted by atomic mass is 16.4. The van der Waals surface area contributed by atoms with E-state index in [4.69, 9.17) is 5.11 Å². The van der Waals surface area contributed by atoms with Crippen molar-refractivity contribution in [3.63, 3.8) is 0 Å². The minimum absolute atomic E-state index is 0.353. The van der Waals surface area contributed by atoms with Crippen LogP contribution < -0.4 is 0 Å². The Balaban J connectivity index is 1.68. The van der Waals surface area contributed by atoms with Crippen LogP contribution in [0.5, 0.6) is 0 Å². The van der Waals surface area contributed by atoms with Crippen LogP contribution in [0.15, 0.2) is 0 Å². The lowest BCUT2D eigenvalue weighted by atomic mass is 9.84. The highest BCUT2D eigenvalue weighted by molar-refractivity contribution is 5.66. The van der Waals surface area contributed by atoms with Crippen LogP contribution in [-0.2, 0) is 4.79 Å². The lowest BCUT2D eigenvalue weighted by Crippen LogP contribution is -2.43. The molecule has 2 rings (SSSR count). The van der Waals surface area contributed by atoms with Gasteiger partial charge in [-0.1, -0.05) is 6.92 Å². The monoisotopic (exact) mass is 253 g/mol. The van der Waals surface area contributed by atoms with Gasteiger partial charge in [-0.05, 0) is 69.9 Å². The molecule has 0 amide bonds. The topological polar surface area (TPSA) is 40.5 Å². The fraction of sp³-hybridized carbons (Fsp3) is 0.933. The zero-order valence-electron chi connectivity index (χ0n) is 11.6. The van der Waals surface area contributed by atoms with E-state index in [1.54, 1.807) is 0 Å². The van der Waals surface area contributed by atoms with Gasteiger partial charge in [0.1, 0.15) is 0 Å². The van der Waals surface area contributed by atoms with Gasteiger partial charge in [0.15, 0.2) is 0 Å². The third-order valence-electron chi connectivity index (χ3n) is 4.92. The molecule has 1 aliphatic heterocycles. The molecule has 0 atom stereocenters. The van der Waals surface area contributed by atoms with Crippen LogP contribution in [0.25, 0.3) is 0 Å². The van der Waals surface area contributed by atoms with Crippen molar-refractivity contribution in [3.05, 3.63) is 0 Å². The molecule has 0 aromatic heterocycles. The Labute approximate surface area is 111 Å². The smallest absolute Gasteiger partial charge is 0.303 e. The van der Waals surface area contributed by atoms with Crippen LogP contribution in [0, 0.1) is 11.8 Å². The van der Waals surface area contributed by atoms with Crippen LogP contribution in [-0.4, -0.2) is 35.1 Å². The number of likely N-dealkylation sites (tertiary alicyclic amines) is 1. The molecule has 3 nitrogen and oxygen atoms in total. The molecular weight excluding hydrogens is 226 g/mol. The zero-order chi connectivity index (χ0) is 13.0. The number of carboxylic acids is 1. The van der Waals surface area contributed by atoms with E-state index in [9.17, 15) is 4.79 Å². The number of piperidine rings is 1. The number of aliphatic carboxylic acids is 1. The van der Waals surface area contributed by atoms with Crippen molar-refractivity contribution >= 4 is 5.97 Å². The molecule has 2 aliphatic rings. The summed E-state index contributed by atoms with van der Waals surface area (Å²) in [6, 6.07) is 0.821. The minimum Gasteiger partial charge on any atom is -0.481 e. The van der Waals surface area contributed by atoms with Gasteiger partial charge in [0, 0.05) is 12.5 Å². The molecule has 1 saturated heterocycles. The van der Waals surface area contributed by atoms with Crippen molar-refractivity contribution in [2.24, 2.45) is 11.8 Å². The third kappa shape index (κ3) is 3.98. The van der Waals surface area contributed by atoms with Crippen LogP contribution in [0.1, 0.15) is 58.3 Å². The van der Waals surface area contributed by atoms with Crippen molar-refractivity contribution in [1.29, 1.82) is 0 Å². The van der Waals surface area contributed by atoms with E-state index in [0.29, 0.717) is 12.3 Å². The molecule has 2 fully saturated rings. The zero-order valence-corrected chi connectivity index (χ0v) is 11.6. The van der Waals surface area contributed by atoms with Crippen molar-refractivity contribution in [1.82, 2.24) is 4.90 Å². The largest absolute Gasteiger partial charge is 0.481 e. The van der Waals surface area contributed by atoms with Gasteiger partial charge in [-0.2, -0.15) is 0 Å². The Morgan fingerprint density at radius 1 is 1.11 bits per heavy atom. The highest BCUT2D eigenvalue weighted by Crippen LogP contribution is 2.30. The van der Waals surface area contributed by atoms with E-state index < -0.39 is 5.97 Å². The lowest BCUT2D eigenvalue weighted by Gasteiger charge is -2.40. The molecule has 0 radical (unpaired) electrons. The normalized spacial score (nSPS) is 31.4. The van der Waals surface area contributed by atoms with E-state index in [2.05, 4.69) is 11.8 Å². The van der Waals surface area contributed by atoms with Gasteiger partial charge >= 0.3 is 5.97 Å². The summed E-state index contributed by atoms with van der Waals surface area (Å²) < 4.78 is 0. The number of carboxylic acid groups (broad SMARTS) is 1. The molecule has 1 heterocycles. The molecule has 0 aromatic carbocycles. The summed E-state index contributed by atoms with van der Waals surface area (Å²) in [6.07, 6.45) is 9.18. The quantitative estimate of drug-likeness (QED) is 0.836. The average Bonchev–Trinajstić information content (AvgIpc) is 2.38. The second-order valence-electron chi connectivity index (χ2n) is 6.33. The first-order valence-corrected chi connectivity index (χ1v) is 7.61. The molecule has 0 aromatic rings. The standard InChI is InChI=1S/C15H27NO2/c1-12-2-5-14(6-3-12)16-10-8-13(9-11-16)4-7-15(17)18/h12-14H,2-11H2,1H3,(H,17,18). The molecule has 0 unspecified atom stereocenters. The molecule has 1 aliphatic carbocycles.